The van der Waals surface area contributed by atoms with E-state index in [1.165, 1.54) is 0 Å². The van der Waals surface area contributed by atoms with Gasteiger partial charge in [0.25, 0.3) is 5.91 Å². The zero-order chi connectivity index (χ0) is 47.6. The summed E-state index contributed by atoms with van der Waals surface area (Å²) in [7, 11) is 1.88. The minimum absolute atomic E-state index is 0.0143. The first-order chi connectivity index (χ1) is 32.8. The van der Waals surface area contributed by atoms with Gasteiger partial charge in [-0.25, -0.2) is 4.79 Å². The summed E-state index contributed by atoms with van der Waals surface area (Å²) < 4.78 is 16.1. The number of nitrogens with one attached hydrogen (secondary N) is 1. The molecule has 0 radical (unpaired) electrons. The molecule has 352 valence electrons. The molecule has 2 N–H and O–H groups in total. The normalized spacial score (nSPS) is 21.2. The maximum absolute atomic E-state index is 13.8. The monoisotopic (exact) mass is 941 g/mol. The lowest BCUT2D eigenvalue weighted by Crippen LogP contribution is -2.57. The Morgan fingerprint density at radius 3 is 2.49 bits per heavy atom. The van der Waals surface area contributed by atoms with Crippen molar-refractivity contribution in [1.29, 1.82) is 0 Å². The highest BCUT2D eigenvalue weighted by Crippen LogP contribution is 2.46. The topological polar surface area (TPSA) is 186 Å². The number of piperazine rings is 1. The summed E-state index contributed by atoms with van der Waals surface area (Å²) in [4.78, 5) is 83.9. The summed E-state index contributed by atoms with van der Waals surface area (Å²) in [5.74, 6) is -4.50. The SMILES string of the molecule is Cc1nn(C)c(C)c1-c1c(Cl)ccc2c(CCCOc3cccc4ccccc34)c(C(=O)O)n(CCN3CCN(C(=O)COC4=CC=CC5C(=O)N(C6CCC(=O)NC6=O)C(=O)C45)CC34CC4)c12. The number of carboxylic acid groups (broad SMARTS) is 1. The number of aromatic nitrogens is 3. The number of ether oxygens (including phenoxy) is 2. The molecule has 3 saturated heterocycles. The number of carbonyl (C=O) groups excluding carboxylic acids is 5. The van der Waals surface area contributed by atoms with E-state index in [9.17, 15) is 33.9 Å². The van der Waals surface area contributed by atoms with Gasteiger partial charge in [0, 0.05) is 79.3 Å². The van der Waals surface area contributed by atoms with Crippen LogP contribution in [0.15, 0.2) is 78.6 Å². The molecule has 3 atom stereocenters. The zero-order valence-electron chi connectivity index (χ0n) is 38.1. The van der Waals surface area contributed by atoms with E-state index in [0.717, 1.165) is 67.7 Å². The van der Waals surface area contributed by atoms with Gasteiger partial charge in [0.15, 0.2) is 6.61 Å². The molecule has 5 aromatic rings. The number of carbonyl (C=O) groups is 6. The summed E-state index contributed by atoms with van der Waals surface area (Å²) in [6.07, 6.45) is 7.58. The van der Waals surface area contributed by atoms with Gasteiger partial charge in [-0.1, -0.05) is 66.2 Å². The Hall–Kier alpha value is -6.78. The predicted octanol–water partition coefficient (Wildman–Crippen LogP) is 5.73. The second-order valence-electron chi connectivity index (χ2n) is 18.5. The first-order valence-electron chi connectivity index (χ1n) is 23.2. The average Bonchev–Trinajstić information content (AvgIpc) is 3.86. The number of piperidine rings is 1. The van der Waals surface area contributed by atoms with Crippen LogP contribution in [0.25, 0.3) is 32.8 Å². The number of aromatic carboxylic acids is 1. The molecule has 2 aromatic heterocycles. The summed E-state index contributed by atoms with van der Waals surface area (Å²) in [6.45, 7) is 6.22. The van der Waals surface area contributed by atoms with Gasteiger partial charge in [-0.3, -0.25) is 43.8 Å². The summed E-state index contributed by atoms with van der Waals surface area (Å²) in [5, 5.41) is 21.4. The Morgan fingerprint density at radius 2 is 1.74 bits per heavy atom. The van der Waals surface area contributed by atoms with Crippen molar-refractivity contribution in [2.45, 2.75) is 70.5 Å². The largest absolute Gasteiger partial charge is 0.493 e. The number of imide groups is 2. The van der Waals surface area contributed by atoms with Gasteiger partial charge in [-0.15, -0.1) is 0 Å². The van der Waals surface area contributed by atoms with Crippen LogP contribution >= 0.6 is 11.6 Å². The van der Waals surface area contributed by atoms with Crippen molar-refractivity contribution in [3.8, 4) is 16.9 Å². The number of allylic oxidation sites excluding steroid dienone is 2. The van der Waals surface area contributed by atoms with Crippen LogP contribution in [0.5, 0.6) is 5.75 Å². The first-order valence-corrected chi connectivity index (χ1v) is 23.6. The Kier molecular flexibility index (Phi) is 11.7. The zero-order valence-corrected chi connectivity index (χ0v) is 38.9. The lowest BCUT2D eigenvalue weighted by atomic mass is 9.89. The maximum Gasteiger partial charge on any atom is 0.352 e. The standard InChI is InChI=1S/C51H52ClN7O9/c1-29-42(30(2)55(3)54-29)44-36(52)17-16-34-33(13-8-26-67-38-14-6-10-31-9-4-5-11-32(31)38)46(50(65)66)58(45(34)44)25-24-57-23-22-56(28-51(57)20-21-51)41(61)27-68-39-15-7-12-35-43(39)49(64)59(48(35)63)37-18-19-40(60)53-47(37)62/h4-7,9-12,14-17,35,37,43H,8,13,18-28H2,1-3H3,(H,65,66)(H,53,60,62). The van der Waals surface area contributed by atoms with Gasteiger partial charge in [0.05, 0.1) is 28.8 Å². The van der Waals surface area contributed by atoms with E-state index < -0.39 is 47.5 Å². The van der Waals surface area contributed by atoms with E-state index in [1.54, 1.807) is 23.1 Å². The van der Waals surface area contributed by atoms with Crippen LogP contribution in [0, 0.1) is 25.7 Å². The number of hydrogen-bond donors (Lipinski definition) is 2. The number of benzene rings is 3. The number of carboxylic acids is 1. The third-order valence-electron chi connectivity index (χ3n) is 14.5. The van der Waals surface area contributed by atoms with Gasteiger partial charge in [0.2, 0.25) is 23.6 Å². The number of halogens is 1. The molecule has 5 amide bonds. The highest BCUT2D eigenvalue weighted by atomic mass is 35.5. The van der Waals surface area contributed by atoms with E-state index in [1.807, 2.05) is 84.7 Å². The third kappa shape index (κ3) is 7.82. The van der Waals surface area contributed by atoms with Gasteiger partial charge in [-0.05, 0) is 75.1 Å². The molecular weight excluding hydrogens is 890 g/mol. The van der Waals surface area contributed by atoms with Crippen molar-refractivity contribution >= 4 is 68.8 Å². The smallest absolute Gasteiger partial charge is 0.352 e. The van der Waals surface area contributed by atoms with E-state index >= 15 is 0 Å². The minimum atomic E-state index is -1.09. The quantitative estimate of drug-likeness (QED) is 0.102. The lowest BCUT2D eigenvalue weighted by molar-refractivity contribution is -0.151. The van der Waals surface area contributed by atoms with E-state index in [2.05, 4.69) is 10.2 Å². The molecule has 68 heavy (non-hydrogen) atoms. The Balaban J connectivity index is 0.859. The van der Waals surface area contributed by atoms with Crippen LogP contribution < -0.4 is 10.1 Å². The summed E-state index contributed by atoms with van der Waals surface area (Å²) in [5.41, 5.74) is 4.66. The lowest BCUT2D eigenvalue weighted by Gasteiger charge is -2.42. The molecule has 5 heterocycles. The predicted molar refractivity (Wildman–Crippen MR) is 252 cm³/mol. The molecule has 3 aromatic carbocycles. The van der Waals surface area contributed by atoms with Crippen molar-refractivity contribution in [3.05, 3.63) is 106 Å². The molecule has 4 fully saturated rings. The van der Waals surface area contributed by atoms with Crippen molar-refractivity contribution in [1.82, 2.24) is 34.4 Å². The van der Waals surface area contributed by atoms with Crippen LogP contribution in [0.1, 0.15) is 59.5 Å². The van der Waals surface area contributed by atoms with E-state index in [-0.39, 0.29) is 42.3 Å². The number of fused-ring (bicyclic) bond motifs is 3. The fraction of sp³-hybridized carbons (Fsp3) is 0.392. The van der Waals surface area contributed by atoms with Crippen LogP contribution in [0.3, 0.4) is 0 Å². The molecule has 3 aliphatic heterocycles. The molecule has 1 saturated carbocycles. The summed E-state index contributed by atoms with van der Waals surface area (Å²) >= 11 is 7.12. The number of hydrogen-bond acceptors (Lipinski definition) is 10. The third-order valence-corrected chi connectivity index (χ3v) is 14.9. The number of rotatable bonds is 14. The fourth-order valence-corrected chi connectivity index (χ4v) is 11.2. The van der Waals surface area contributed by atoms with Crippen molar-refractivity contribution < 1.29 is 43.3 Å². The molecule has 0 bridgehead atoms. The van der Waals surface area contributed by atoms with Crippen LogP contribution in [-0.4, -0.2) is 121 Å². The fourth-order valence-electron chi connectivity index (χ4n) is 10.9. The minimum Gasteiger partial charge on any atom is -0.493 e. The second kappa shape index (κ2) is 17.7. The Labute approximate surface area is 397 Å². The number of amides is 5. The Bertz CT molecular complexity index is 3010. The Morgan fingerprint density at radius 1 is 0.941 bits per heavy atom. The van der Waals surface area contributed by atoms with Crippen molar-refractivity contribution in [2.24, 2.45) is 18.9 Å². The number of likely N-dealkylation sites (tertiary alicyclic amines) is 1. The maximum atomic E-state index is 13.8. The van der Waals surface area contributed by atoms with Crippen molar-refractivity contribution in [2.75, 3.05) is 39.4 Å². The summed E-state index contributed by atoms with van der Waals surface area (Å²) in [6, 6.07) is 16.7. The first kappa shape index (κ1) is 45.0. The van der Waals surface area contributed by atoms with Crippen LogP contribution in [0.4, 0.5) is 0 Å². The highest BCUT2D eigenvalue weighted by Gasteiger charge is 2.55. The molecular formula is C51H52ClN7O9. The van der Waals surface area contributed by atoms with Gasteiger partial charge < -0.3 is 24.0 Å². The van der Waals surface area contributed by atoms with Gasteiger partial charge in [-0.2, -0.15) is 5.10 Å². The number of aryl methyl sites for hydroxylation is 3. The molecule has 5 aliphatic rings. The number of nitrogens with zero attached hydrogens (tertiary/aromatic N) is 6. The highest BCUT2D eigenvalue weighted by molar-refractivity contribution is 6.35. The van der Waals surface area contributed by atoms with E-state index in [0.29, 0.717) is 62.8 Å². The average molecular weight is 942 g/mol. The molecule has 17 heteroatoms. The molecule has 16 nitrogen and oxygen atoms in total. The van der Waals surface area contributed by atoms with Crippen molar-refractivity contribution in [3.63, 3.8) is 0 Å². The molecule has 2 aliphatic carbocycles. The molecule has 1 spiro atoms. The van der Waals surface area contributed by atoms with Gasteiger partial charge >= 0.3 is 5.97 Å². The van der Waals surface area contributed by atoms with Gasteiger partial charge in [0.1, 0.15) is 29.2 Å². The molecule has 3 unspecified atom stereocenters. The second-order valence-corrected chi connectivity index (χ2v) is 18.9. The van der Waals surface area contributed by atoms with E-state index in [4.69, 9.17) is 26.2 Å². The molecule has 10 rings (SSSR count). The van der Waals surface area contributed by atoms with Crippen LogP contribution in [0.2, 0.25) is 5.02 Å². The van der Waals surface area contributed by atoms with Crippen LogP contribution in [-0.2, 0) is 48.7 Å².